The van der Waals surface area contributed by atoms with Crippen LogP contribution in [-0.2, 0) is 4.79 Å². The lowest BCUT2D eigenvalue weighted by atomic mass is 10.2. The van der Waals surface area contributed by atoms with Gasteiger partial charge in [0.1, 0.15) is 10.7 Å². The molecule has 2 aromatic carbocycles. The van der Waals surface area contributed by atoms with Crippen molar-refractivity contribution in [2.45, 2.75) is 6.42 Å². The molecule has 7 heteroatoms. The first-order chi connectivity index (χ1) is 13.1. The highest BCUT2D eigenvalue weighted by molar-refractivity contribution is 8.19. The summed E-state index contributed by atoms with van der Waals surface area (Å²) >= 11 is 6.51. The van der Waals surface area contributed by atoms with Crippen LogP contribution < -0.4 is 10.1 Å². The number of thioether (sulfide) groups is 1. The summed E-state index contributed by atoms with van der Waals surface area (Å²) in [5.41, 5.74) is 1.66. The number of ether oxygens (including phenoxy) is 1. The Balaban J connectivity index is 1.60. The number of para-hydroxylation sites is 1. The number of nitrogens with zero attached hydrogens (tertiary/aromatic N) is 1. The fourth-order valence-corrected chi connectivity index (χ4v) is 3.79. The topological polar surface area (TPSA) is 58.6 Å². The number of thiocarbonyl (C=S) groups is 1. The number of nitrogens with one attached hydrogen (secondary N) is 1. The summed E-state index contributed by atoms with van der Waals surface area (Å²) in [6.07, 6.45) is 2.05. The Morgan fingerprint density at radius 3 is 2.56 bits per heavy atom. The SMILES string of the molecule is COc1ccc(C=C2SC(=O)N(CCC(=O)Nc3ccccc3)C2=S)cc1. The molecule has 1 aliphatic heterocycles. The zero-order valence-corrected chi connectivity index (χ0v) is 16.3. The Bertz CT molecular complexity index is 880. The minimum atomic E-state index is -0.160. The van der Waals surface area contributed by atoms with Crippen LogP contribution in [0, 0.1) is 0 Å². The normalized spacial score (nSPS) is 15.3. The summed E-state index contributed by atoms with van der Waals surface area (Å²) in [4.78, 5) is 27.0. The van der Waals surface area contributed by atoms with Gasteiger partial charge in [0.25, 0.3) is 5.24 Å². The summed E-state index contributed by atoms with van der Waals surface area (Å²) in [5.74, 6) is 0.607. The molecule has 0 bridgehead atoms. The molecule has 0 aromatic heterocycles. The van der Waals surface area contributed by atoms with Crippen LogP contribution in [0.4, 0.5) is 10.5 Å². The van der Waals surface area contributed by atoms with Crippen molar-refractivity contribution >= 4 is 51.9 Å². The van der Waals surface area contributed by atoms with Crippen LogP contribution in [0.5, 0.6) is 5.75 Å². The van der Waals surface area contributed by atoms with E-state index in [1.165, 1.54) is 4.90 Å². The molecule has 2 amide bonds. The average Bonchev–Trinajstić information content (AvgIpc) is 2.94. The maximum absolute atomic E-state index is 12.3. The van der Waals surface area contributed by atoms with Crippen molar-refractivity contribution in [2.24, 2.45) is 0 Å². The van der Waals surface area contributed by atoms with Crippen LogP contribution in [0.3, 0.4) is 0 Å². The number of carbonyl (C=O) groups is 2. The lowest BCUT2D eigenvalue weighted by molar-refractivity contribution is -0.116. The number of hydrogen-bond acceptors (Lipinski definition) is 5. The van der Waals surface area contributed by atoms with E-state index in [0.717, 1.165) is 28.8 Å². The van der Waals surface area contributed by atoms with Gasteiger partial charge in [-0.3, -0.25) is 14.5 Å². The number of rotatable bonds is 6. The molecule has 138 valence electrons. The summed E-state index contributed by atoms with van der Waals surface area (Å²) in [7, 11) is 1.61. The second-order valence-electron chi connectivity index (χ2n) is 5.77. The Labute approximate surface area is 167 Å². The van der Waals surface area contributed by atoms with E-state index < -0.39 is 0 Å². The lowest BCUT2D eigenvalue weighted by Crippen LogP contribution is -2.30. The lowest BCUT2D eigenvalue weighted by Gasteiger charge is -2.14. The molecule has 0 unspecified atom stereocenters. The third-order valence-electron chi connectivity index (χ3n) is 3.91. The minimum absolute atomic E-state index is 0.158. The van der Waals surface area contributed by atoms with Crippen LogP contribution in [0.1, 0.15) is 12.0 Å². The molecule has 0 aliphatic carbocycles. The predicted molar refractivity (Wildman–Crippen MR) is 113 cm³/mol. The van der Waals surface area contributed by atoms with E-state index in [9.17, 15) is 9.59 Å². The quantitative estimate of drug-likeness (QED) is 0.571. The van der Waals surface area contributed by atoms with Crippen molar-refractivity contribution in [3.63, 3.8) is 0 Å². The largest absolute Gasteiger partial charge is 0.497 e. The second kappa shape index (κ2) is 8.83. The molecule has 3 rings (SSSR count). The van der Waals surface area contributed by atoms with E-state index in [4.69, 9.17) is 17.0 Å². The molecule has 1 fully saturated rings. The number of hydrogen-bond donors (Lipinski definition) is 1. The zero-order valence-electron chi connectivity index (χ0n) is 14.7. The van der Waals surface area contributed by atoms with Crippen molar-refractivity contribution < 1.29 is 14.3 Å². The van der Waals surface area contributed by atoms with E-state index >= 15 is 0 Å². The number of carbonyl (C=O) groups excluding carboxylic acids is 2. The van der Waals surface area contributed by atoms with Crippen molar-refractivity contribution in [1.29, 1.82) is 0 Å². The third kappa shape index (κ3) is 4.96. The molecule has 1 N–H and O–H groups in total. The highest BCUT2D eigenvalue weighted by Gasteiger charge is 2.31. The van der Waals surface area contributed by atoms with Crippen molar-refractivity contribution in [3.05, 3.63) is 65.1 Å². The molecule has 1 saturated heterocycles. The van der Waals surface area contributed by atoms with Gasteiger partial charge in [0, 0.05) is 18.7 Å². The van der Waals surface area contributed by atoms with E-state index in [2.05, 4.69) is 5.32 Å². The Morgan fingerprint density at radius 1 is 1.19 bits per heavy atom. The van der Waals surface area contributed by atoms with Gasteiger partial charge in [-0.25, -0.2) is 0 Å². The smallest absolute Gasteiger partial charge is 0.291 e. The molecule has 27 heavy (non-hydrogen) atoms. The fourth-order valence-electron chi connectivity index (χ4n) is 2.50. The van der Waals surface area contributed by atoms with Gasteiger partial charge in [0.2, 0.25) is 5.91 Å². The molecule has 1 heterocycles. The number of amides is 2. The molecule has 0 radical (unpaired) electrons. The minimum Gasteiger partial charge on any atom is -0.497 e. The van der Waals surface area contributed by atoms with Crippen molar-refractivity contribution in [3.8, 4) is 5.75 Å². The van der Waals surface area contributed by atoms with E-state index in [1.807, 2.05) is 60.7 Å². The first-order valence-corrected chi connectivity index (χ1v) is 9.53. The van der Waals surface area contributed by atoms with Gasteiger partial charge < -0.3 is 10.1 Å². The monoisotopic (exact) mass is 398 g/mol. The molecular weight excluding hydrogens is 380 g/mol. The van der Waals surface area contributed by atoms with E-state index in [1.54, 1.807) is 7.11 Å². The van der Waals surface area contributed by atoms with E-state index in [-0.39, 0.29) is 24.1 Å². The molecule has 0 atom stereocenters. The van der Waals surface area contributed by atoms with Gasteiger partial charge in [0.05, 0.1) is 12.0 Å². The van der Waals surface area contributed by atoms with Crippen LogP contribution in [0.2, 0.25) is 0 Å². The Morgan fingerprint density at radius 2 is 1.89 bits per heavy atom. The van der Waals surface area contributed by atoms with Gasteiger partial charge in [-0.15, -0.1) is 0 Å². The molecule has 2 aromatic rings. The van der Waals surface area contributed by atoms with E-state index in [0.29, 0.717) is 9.89 Å². The standard InChI is InChI=1S/C20H18N2O3S2/c1-25-16-9-7-14(8-10-16)13-17-19(26)22(20(24)27-17)12-11-18(23)21-15-5-3-2-4-6-15/h2-10,13H,11-12H2,1H3,(H,21,23). The van der Waals surface area contributed by atoms with Gasteiger partial charge in [0.15, 0.2) is 0 Å². The summed E-state index contributed by atoms with van der Waals surface area (Å²) in [6.45, 7) is 0.253. The van der Waals surface area contributed by atoms with Crippen molar-refractivity contribution in [1.82, 2.24) is 4.90 Å². The molecule has 5 nitrogen and oxygen atoms in total. The fraction of sp³-hybridized carbons (Fsp3) is 0.150. The average molecular weight is 399 g/mol. The van der Waals surface area contributed by atoms with Gasteiger partial charge in [-0.2, -0.15) is 0 Å². The molecule has 1 aliphatic rings. The molecule has 0 spiro atoms. The Hall–Kier alpha value is -2.64. The van der Waals surface area contributed by atoms with Crippen LogP contribution in [0.15, 0.2) is 59.5 Å². The van der Waals surface area contributed by atoms with Crippen LogP contribution in [0.25, 0.3) is 6.08 Å². The third-order valence-corrected chi connectivity index (χ3v) is 5.40. The zero-order chi connectivity index (χ0) is 19.2. The van der Waals surface area contributed by atoms with Crippen LogP contribution >= 0.6 is 24.0 Å². The Kier molecular flexibility index (Phi) is 6.26. The number of anilines is 1. The highest BCUT2D eigenvalue weighted by Crippen LogP contribution is 2.33. The van der Waals surface area contributed by atoms with Gasteiger partial charge in [-0.1, -0.05) is 42.5 Å². The molecule has 0 saturated carbocycles. The van der Waals surface area contributed by atoms with Crippen molar-refractivity contribution in [2.75, 3.05) is 19.0 Å². The second-order valence-corrected chi connectivity index (χ2v) is 7.15. The maximum atomic E-state index is 12.3. The van der Waals surface area contributed by atoms with Gasteiger partial charge >= 0.3 is 0 Å². The number of benzene rings is 2. The first-order valence-electron chi connectivity index (χ1n) is 8.31. The summed E-state index contributed by atoms with van der Waals surface area (Å²) in [5, 5.41) is 2.64. The highest BCUT2D eigenvalue weighted by atomic mass is 32.2. The maximum Gasteiger partial charge on any atom is 0.291 e. The summed E-state index contributed by atoms with van der Waals surface area (Å²) in [6, 6.07) is 16.7. The summed E-state index contributed by atoms with van der Waals surface area (Å²) < 4.78 is 5.14. The molecular formula is C20H18N2O3S2. The van der Waals surface area contributed by atoms with Crippen LogP contribution in [-0.4, -0.2) is 34.7 Å². The number of methoxy groups -OCH3 is 1. The first kappa shape index (κ1) is 19.1. The predicted octanol–water partition coefficient (Wildman–Crippen LogP) is 4.56. The van der Waals surface area contributed by atoms with Gasteiger partial charge in [-0.05, 0) is 47.7 Å².